The molecule has 1 aliphatic carbocycles. The minimum Gasteiger partial charge on any atom is -0.351 e. The predicted molar refractivity (Wildman–Crippen MR) is 135 cm³/mol. The Balaban J connectivity index is 1.32. The first-order chi connectivity index (χ1) is 19.7. The van der Waals surface area contributed by atoms with Crippen LogP contribution in [-0.2, 0) is 29.1 Å². The van der Waals surface area contributed by atoms with Crippen molar-refractivity contribution in [2.75, 3.05) is 13.1 Å². The highest BCUT2D eigenvalue weighted by molar-refractivity contribution is 5.87. The van der Waals surface area contributed by atoms with E-state index in [1.807, 2.05) is 0 Å². The number of carbonyl (C=O) groups is 1. The van der Waals surface area contributed by atoms with Crippen LogP contribution in [0.25, 0.3) is 0 Å². The topological polar surface area (TPSA) is 91.2 Å². The Morgan fingerprint density at radius 1 is 1.00 bits per heavy atom. The molecule has 1 saturated heterocycles. The molecular weight excluding hydrogens is 573 g/mol. The number of hydrogen-bond acceptors (Lipinski definition) is 5. The Kier molecular flexibility index (Phi) is 7.94. The first-order valence-corrected chi connectivity index (χ1v) is 13.4. The second-order valence-corrected chi connectivity index (χ2v) is 10.9. The Bertz CT molecular complexity index is 1440. The molecule has 14 heteroatoms. The highest BCUT2D eigenvalue weighted by Crippen LogP contribution is 2.43. The average Bonchev–Trinajstić information content (AvgIpc) is 3.59. The number of carbonyl (C=O) groups excluding carboxylic acids is 1. The van der Waals surface area contributed by atoms with Crippen molar-refractivity contribution >= 4 is 5.91 Å². The van der Waals surface area contributed by atoms with E-state index in [0.29, 0.717) is 31.6 Å². The summed E-state index contributed by atoms with van der Waals surface area (Å²) >= 11 is 0. The van der Waals surface area contributed by atoms with E-state index in [9.17, 15) is 40.3 Å². The lowest BCUT2D eigenvalue weighted by Gasteiger charge is -2.37. The summed E-state index contributed by atoms with van der Waals surface area (Å²) in [6.45, 7) is 0.789. The van der Waals surface area contributed by atoms with Crippen LogP contribution >= 0.6 is 0 Å². The van der Waals surface area contributed by atoms with Crippen molar-refractivity contribution in [3.63, 3.8) is 0 Å². The molecule has 2 aromatic carbocycles. The molecule has 1 saturated carbocycles. The van der Waals surface area contributed by atoms with E-state index in [2.05, 4.69) is 24.9 Å². The van der Waals surface area contributed by atoms with Gasteiger partial charge < -0.3 is 10.2 Å². The van der Waals surface area contributed by atoms with E-state index in [1.165, 1.54) is 12.1 Å². The lowest BCUT2D eigenvalue weighted by Crippen LogP contribution is -2.46. The van der Waals surface area contributed by atoms with Gasteiger partial charge in [0, 0.05) is 12.6 Å². The third-order valence-corrected chi connectivity index (χ3v) is 8.30. The van der Waals surface area contributed by atoms with Gasteiger partial charge in [-0.2, -0.15) is 26.3 Å². The number of halogens is 7. The summed E-state index contributed by atoms with van der Waals surface area (Å²) in [7, 11) is 0. The van der Waals surface area contributed by atoms with E-state index >= 15 is 0 Å². The predicted octanol–water partition coefficient (Wildman–Crippen LogP) is 5.53. The van der Waals surface area contributed by atoms with Gasteiger partial charge in [0.25, 0.3) is 0 Å². The van der Waals surface area contributed by atoms with Crippen molar-refractivity contribution in [1.82, 2.24) is 20.4 Å². The minimum absolute atomic E-state index is 0.0216. The molecule has 2 unspecified atom stereocenters. The highest BCUT2D eigenvalue weighted by Gasteiger charge is 2.51. The zero-order chi connectivity index (χ0) is 30.3. The highest BCUT2D eigenvalue weighted by atomic mass is 19.4. The normalized spacial score (nSPS) is 22.4. The van der Waals surface area contributed by atoms with Crippen LogP contribution in [-0.4, -0.2) is 40.1 Å². The summed E-state index contributed by atoms with van der Waals surface area (Å²) in [4.78, 5) is 30.0. The second-order valence-electron chi connectivity index (χ2n) is 10.9. The molecule has 1 aromatic heterocycles. The first kappa shape index (κ1) is 29.8. The van der Waals surface area contributed by atoms with Gasteiger partial charge in [-0.05, 0) is 92.6 Å². The summed E-state index contributed by atoms with van der Waals surface area (Å²) < 4.78 is 97.7. The summed E-state index contributed by atoms with van der Waals surface area (Å²) in [5, 5.41) is 6.20. The monoisotopic (exact) mass is 600 g/mol. The number of aromatic amines is 1. The van der Waals surface area contributed by atoms with Crippen LogP contribution in [0.15, 0.2) is 51.8 Å². The van der Waals surface area contributed by atoms with Crippen molar-refractivity contribution in [2.45, 2.75) is 68.4 Å². The Labute approximate surface area is 235 Å². The van der Waals surface area contributed by atoms with E-state index in [0.717, 1.165) is 18.4 Å². The molecule has 5 rings (SSSR count). The molecular formula is C28H27F7N4O3. The fraction of sp³-hybridized carbons (Fsp3) is 0.464. The molecule has 2 fully saturated rings. The molecule has 2 heterocycles. The van der Waals surface area contributed by atoms with E-state index < -0.39 is 47.1 Å². The average molecular weight is 601 g/mol. The number of benzene rings is 2. The van der Waals surface area contributed by atoms with Crippen molar-refractivity contribution < 1.29 is 40.1 Å². The maximum absolute atomic E-state index is 13.6. The molecule has 2 atom stereocenters. The molecule has 42 heavy (non-hydrogen) atoms. The number of hydrogen-bond donors (Lipinski definition) is 2. The number of rotatable bonds is 6. The van der Waals surface area contributed by atoms with Crippen molar-refractivity contribution in [3.05, 3.63) is 86.9 Å². The van der Waals surface area contributed by atoms with Gasteiger partial charge in [0.1, 0.15) is 11.2 Å². The van der Waals surface area contributed by atoms with Gasteiger partial charge in [-0.3, -0.25) is 14.3 Å². The zero-order valence-corrected chi connectivity index (χ0v) is 22.1. The molecule has 0 bridgehead atoms. The first-order valence-electron chi connectivity index (χ1n) is 13.4. The Morgan fingerprint density at radius 2 is 1.62 bits per heavy atom. The minimum atomic E-state index is -5.02. The van der Waals surface area contributed by atoms with Crippen LogP contribution in [0.5, 0.6) is 0 Å². The molecule has 0 spiro atoms. The van der Waals surface area contributed by atoms with Crippen LogP contribution in [0.3, 0.4) is 0 Å². The summed E-state index contributed by atoms with van der Waals surface area (Å²) in [5.41, 5.74) is -3.71. The lowest BCUT2D eigenvalue weighted by atomic mass is 9.83. The number of piperidine rings is 1. The Morgan fingerprint density at radius 3 is 2.17 bits per heavy atom. The second kappa shape index (κ2) is 11.2. The fourth-order valence-electron chi connectivity index (χ4n) is 6.10. The summed E-state index contributed by atoms with van der Waals surface area (Å²) in [6.07, 6.45) is -7.47. The maximum Gasteiger partial charge on any atom is 0.438 e. The van der Waals surface area contributed by atoms with Crippen molar-refractivity contribution in [1.29, 1.82) is 0 Å². The van der Waals surface area contributed by atoms with Gasteiger partial charge in [-0.15, -0.1) is 0 Å². The molecule has 7 nitrogen and oxygen atoms in total. The van der Waals surface area contributed by atoms with Gasteiger partial charge in [0.2, 0.25) is 5.91 Å². The van der Waals surface area contributed by atoms with Crippen LogP contribution in [0, 0.1) is 5.82 Å². The number of nitrogens with one attached hydrogen (secondary N) is 2. The van der Waals surface area contributed by atoms with Crippen LogP contribution in [0.2, 0.25) is 0 Å². The smallest absolute Gasteiger partial charge is 0.351 e. The molecule has 3 aromatic rings. The molecule has 0 radical (unpaired) electrons. The number of amides is 1. The molecule has 1 aliphatic heterocycles. The Hall–Kier alpha value is -3.68. The third-order valence-electron chi connectivity index (χ3n) is 8.30. The largest absolute Gasteiger partial charge is 0.438 e. The van der Waals surface area contributed by atoms with Crippen LogP contribution in [0.1, 0.15) is 66.1 Å². The molecule has 1 amide bonds. The van der Waals surface area contributed by atoms with Gasteiger partial charge >= 0.3 is 18.1 Å². The number of aromatic nitrogens is 2. The van der Waals surface area contributed by atoms with Crippen LogP contribution in [0.4, 0.5) is 30.7 Å². The molecule has 226 valence electrons. The molecule has 2 N–H and O–H groups in total. The quantitative estimate of drug-likeness (QED) is 0.364. The standard InChI is InChI=1S/C28H27F7N4O3/c29-21-3-1-17(2-4-21)18-6-9-39(10-7-18)22-5-8-26(14-22,23-37-25(41)42-38-23)24(40)36-15-16-11-19(27(30,31)32)13-20(12-16)28(33,34)35/h1-4,11-13,18,22H,5-10,14-15H2,(H,36,40)(H,37,38,41). The summed E-state index contributed by atoms with van der Waals surface area (Å²) in [6, 6.07) is 7.42. The summed E-state index contributed by atoms with van der Waals surface area (Å²) in [5.74, 6) is -1.70. The molecule has 2 aliphatic rings. The van der Waals surface area contributed by atoms with E-state index in [4.69, 9.17) is 0 Å². The van der Waals surface area contributed by atoms with Gasteiger partial charge in [-0.25, -0.2) is 9.18 Å². The van der Waals surface area contributed by atoms with Gasteiger partial charge in [-0.1, -0.05) is 17.3 Å². The third kappa shape index (κ3) is 6.22. The van der Waals surface area contributed by atoms with Crippen molar-refractivity contribution in [3.8, 4) is 0 Å². The van der Waals surface area contributed by atoms with E-state index in [-0.39, 0.29) is 48.1 Å². The number of alkyl halides is 6. The van der Waals surface area contributed by atoms with E-state index in [1.54, 1.807) is 12.1 Å². The zero-order valence-electron chi connectivity index (χ0n) is 22.1. The van der Waals surface area contributed by atoms with Crippen molar-refractivity contribution in [2.24, 2.45) is 0 Å². The number of nitrogens with zero attached hydrogens (tertiary/aromatic N) is 2. The number of likely N-dealkylation sites (tertiary alicyclic amines) is 1. The number of H-pyrrole nitrogens is 1. The SMILES string of the molecule is O=C(NCc1cc(C(F)(F)F)cc(C(F)(F)F)c1)C1(c2noc(=O)[nH]2)CCC(N2CCC(c3ccc(F)cc3)CC2)C1. The van der Waals surface area contributed by atoms with Gasteiger partial charge in [0.05, 0.1) is 11.1 Å². The fourth-order valence-corrected chi connectivity index (χ4v) is 6.10. The maximum atomic E-state index is 13.6. The van der Waals surface area contributed by atoms with Crippen LogP contribution < -0.4 is 11.1 Å². The van der Waals surface area contributed by atoms with Gasteiger partial charge in [0.15, 0.2) is 5.82 Å². The lowest BCUT2D eigenvalue weighted by molar-refractivity contribution is -0.143.